The van der Waals surface area contributed by atoms with Crippen molar-refractivity contribution in [2.24, 2.45) is 16.7 Å². The van der Waals surface area contributed by atoms with E-state index in [-0.39, 0.29) is 29.5 Å². The third-order valence-corrected chi connectivity index (χ3v) is 6.40. The van der Waals surface area contributed by atoms with Crippen molar-refractivity contribution in [3.8, 4) is 0 Å². The molecule has 4 atom stereocenters. The van der Waals surface area contributed by atoms with Crippen molar-refractivity contribution in [2.45, 2.75) is 58.8 Å². The molecule has 1 aliphatic heterocycles. The molecule has 0 aromatic heterocycles. The molecule has 4 nitrogen and oxygen atoms in total. The smallest absolute Gasteiger partial charge is 0.333 e. The summed E-state index contributed by atoms with van der Waals surface area (Å²) in [6.07, 6.45) is 3.19. The highest BCUT2D eigenvalue weighted by atomic mass is 16.8. The fraction of sp³-hybridized carbons (Fsp3) is 0.824. The molecule has 21 heavy (non-hydrogen) atoms. The lowest BCUT2D eigenvalue weighted by Crippen LogP contribution is -2.48. The van der Waals surface area contributed by atoms with Crippen LogP contribution in [-0.4, -0.2) is 31.1 Å². The first kappa shape index (κ1) is 15.0. The third-order valence-electron chi connectivity index (χ3n) is 6.40. The molecule has 0 aromatic carbocycles. The van der Waals surface area contributed by atoms with E-state index in [0.717, 1.165) is 12.8 Å². The lowest BCUT2D eigenvalue weighted by atomic mass is 9.68. The van der Waals surface area contributed by atoms with Crippen molar-refractivity contribution < 1.29 is 19.0 Å². The molecule has 3 fully saturated rings. The summed E-state index contributed by atoms with van der Waals surface area (Å²) < 4.78 is 17.6. The average molecular weight is 294 g/mol. The summed E-state index contributed by atoms with van der Waals surface area (Å²) in [5.74, 6) is -0.196. The molecule has 0 radical (unpaired) electrons. The van der Waals surface area contributed by atoms with Crippen LogP contribution in [0.15, 0.2) is 12.2 Å². The average Bonchev–Trinajstić information content (AvgIpc) is 2.96. The van der Waals surface area contributed by atoms with Crippen LogP contribution < -0.4 is 0 Å². The Morgan fingerprint density at radius 1 is 1.38 bits per heavy atom. The van der Waals surface area contributed by atoms with Gasteiger partial charge in [-0.15, -0.1) is 0 Å². The van der Waals surface area contributed by atoms with Gasteiger partial charge in [-0.25, -0.2) is 4.79 Å². The van der Waals surface area contributed by atoms with Crippen LogP contribution in [0.5, 0.6) is 0 Å². The summed E-state index contributed by atoms with van der Waals surface area (Å²) in [5, 5.41) is 0. The molecule has 2 unspecified atom stereocenters. The lowest BCUT2D eigenvalue weighted by molar-refractivity contribution is -0.247. The van der Waals surface area contributed by atoms with E-state index in [4.69, 9.17) is 14.2 Å². The highest BCUT2D eigenvalue weighted by molar-refractivity contribution is 5.86. The van der Waals surface area contributed by atoms with Crippen molar-refractivity contribution in [1.29, 1.82) is 0 Å². The van der Waals surface area contributed by atoms with Crippen molar-refractivity contribution in [3.05, 3.63) is 12.2 Å². The Labute approximate surface area is 126 Å². The van der Waals surface area contributed by atoms with Gasteiger partial charge in [-0.1, -0.05) is 27.4 Å². The van der Waals surface area contributed by atoms with E-state index in [1.165, 1.54) is 6.42 Å². The first-order valence-corrected chi connectivity index (χ1v) is 7.86. The highest BCUT2D eigenvalue weighted by Crippen LogP contribution is 2.72. The summed E-state index contributed by atoms with van der Waals surface area (Å²) in [5.41, 5.74) is 0.685. The molecule has 0 amide bonds. The molecule has 3 rings (SSSR count). The fourth-order valence-corrected chi connectivity index (χ4v) is 4.52. The maximum atomic E-state index is 11.5. The highest BCUT2D eigenvalue weighted by Gasteiger charge is 2.72. The molecule has 3 aliphatic rings. The van der Waals surface area contributed by atoms with Crippen LogP contribution in [0.1, 0.15) is 47.0 Å². The van der Waals surface area contributed by atoms with Gasteiger partial charge in [0.1, 0.15) is 12.7 Å². The molecule has 2 saturated carbocycles. The Balaban J connectivity index is 1.68. The Bertz CT molecular complexity index is 483. The maximum Gasteiger partial charge on any atom is 0.333 e. The zero-order valence-electron chi connectivity index (χ0n) is 13.5. The van der Waals surface area contributed by atoms with Crippen molar-refractivity contribution >= 4 is 5.97 Å². The second kappa shape index (κ2) is 4.56. The molecule has 1 heterocycles. The van der Waals surface area contributed by atoms with E-state index in [1.54, 1.807) is 6.92 Å². The molecular weight excluding hydrogens is 268 g/mol. The zero-order chi connectivity index (χ0) is 15.5. The van der Waals surface area contributed by atoms with Gasteiger partial charge in [0, 0.05) is 17.4 Å². The fourth-order valence-electron chi connectivity index (χ4n) is 4.52. The number of ether oxygens (including phenoxy) is 3. The standard InChI is InChI=1S/C17H26O4/c1-11(2)14(18)19-9-13-10-20-17(21-13)8-12-6-7-16(17,5)15(12,3)4/h12-13H,1,6-10H2,2-5H3/t12-,13?,16-,17?/m0/s1. The molecule has 0 N–H and O–H groups in total. The minimum absolute atomic E-state index is 0.0395. The topological polar surface area (TPSA) is 44.8 Å². The van der Waals surface area contributed by atoms with Gasteiger partial charge in [0.25, 0.3) is 0 Å². The Kier molecular flexibility index (Phi) is 3.27. The Morgan fingerprint density at radius 2 is 2.10 bits per heavy atom. The Morgan fingerprint density at radius 3 is 2.62 bits per heavy atom. The maximum absolute atomic E-state index is 11.5. The van der Waals surface area contributed by atoms with Gasteiger partial charge in [-0.3, -0.25) is 0 Å². The summed E-state index contributed by atoms with van der Waals surface area (Å²) in [4.78, 5) is 11.5. The van der Waals surface area contributed by atoms with Crippen molar-refractivity contribution in [1.82, 2.24) is 0 Å². The number of carbonyl (C=O) groups is 1. The summed E-state index contributed by atoms with van der Waals surface area (Å²) in [7, 11) is 0. The molecule has 4 heteroatoms. The third kappa shape index (κ3) is 1.92. The minimum Gasteiger partial charge on any atom is -0.459 e. The molecule has 2 bridgehead atoms. The molecule has 2 aliphatic carbocycles. The van der Waals surface area contributed by atoms with Crippen LogP contribution in [0.25, 0.3) is 0 Å². The van der Waals surface area contributed by atoms with E-state index in [2.05, 4.69) is 27.4 Å². The monoisotopic (exact) mass is 294 g/mol. The van der Waals surface area contributed by atoms with E-state index in [1.807, 2.05) is 0 Å². The number of fused-ring (bicyclic) bond motifs is 3. The number of carbonyl (C=O) groups excluding carboxylic acids is 1. The van der Waals surface area contributed by atoms with Gasteiger partial charge in [-0.05, 0) is 31.1 Å². The van der Waals surface area contributed by atoms with E-state index in [0.29, 0.717) is 18.1 Å². The number of hydrogen-bond donors (Lipinski definition) is 0. The van der Waals surface area contributed by atoms with E-state index in [9.17, 15) is 4.79 Å². The van der Waals surface area contributed by atoms with Gasteiger partial charge in [0.05, 0.1) is 6.61 Å². The quantitative estimate of drug-likeness (QED) is 0.593. The SMILES string of the molecule is C=C(C)C(=O)OCC1COC2(C[C@@H]3CC[C@@]2(C)C3(C)C)O1. The molecule has 1 spiro atoms. The van der Waals surface area contributed by atoms with Gasteiger partial charge >= 0.3 is 5.97 Å². The largest absolute Gasteiger partial charge is 0.459 e. The van der Waals surface area contributed by atoms with E-state index >= 15 is 0 Å². The lowest BCUT2D eigenvalue weighted by Gasteiger charge is -2.44. The predicted molar refractivity (Wildman–Crippen MR) is 78.6 cm³/mol. The molecule has 1 saturated heterocycles. The van der Waals surface area contributed by atoms with Crippen LogP contribution in [-0.2, 0) is 19.0 Å². The molecule has 0 aromatic rings. The second-order valence-electron chi connectivity index (χ2n) is 7.68. The Hall–Kier alpha value is -0.870. The number of esters is 1. The van der Waals surface area contributed by atoms with Crippen LogP contribution in [0.3, 0.4) is 0 Å². The van der Waals surface area contributed by atoms with Gasteiger partial charge in [0.15, 0.2) is 5.79 Å². The summed E-state index contributed by atoms with van der Waals surface area (Å²) >= 11 is 0. The predicted octanol–water partition coefficient (Wildman–Crippen LogP) is 3.06. The van der Waals surface area contributed by atoms with Gasteiger partial charge < -0.3 is 14.2 Å². The van der Waals surface area contributed by atoms with Gasteiger partial charge in [-0.2, -0.15) is 0 Å². The van der Waals surface area contributed by atoms with Crippen molar-refractivity contribution in [2.75, 3.05) is 13.2 Å². The first-order chi connectivity index (χ1) is 9.72. The number of rotatable bonds is 3. The van der Waals surface area contributed by atoms with Crippen LogP contribution in [0.4, 0.5) is 0 Å². The normalized spacial score (nSPS) is 43.4. The molecule has 118 valence electrons. The number of hydrogen-bond acceptors (Lipinski definition) is 4. The summed E-state index contributed by atoms with van der Waals surface area (Å²) in [6.45, 7) is 12.9. The van der Waals surface area contributed by atoms with Crippen LogP contribution in [0, 0.1) is 16.7 Å². The van der Waals surface area contributed by atoms with Crippen LogP contribution in [0.2, 0.25) is 0 Å². The molecular formula is C17H26O4. The second-order valence-corrected chi connectivity index (χ2v) is 7.68. The first-order valence-electron chi connectivity index (χ1n) is 7.86. The van der Waals surface area contributed by atoms with Crippen LogP contribution >= 0.6 is 0 Å². The van der Waals surface area contributed by atoms with E-state index < -0.39 is 5.79 Å². The summed E-state index contributed by atoms with van der Waals surface area (Å²) in [6, 6.07) is 0. The zero-order valence-corrected chi connectivity index (χ0v) is 13.5. The minimum atomic E-state index is -0.486. The van der Waals surface area contributed by atoms with Gasteiger partial charge in [0.2, 0.25) is 0 Å². The van der Waals surface area contributed by atoms with Crippen molar-refractivity contribution in [3.63, 3.8) is 0 Å².